The first-order valence-corrected chi connectivity index (χ1v) is 5.30. The SMILES string of the molecule is CCOC(c1ccccc1)C(O)(C(=O)O)C(=O)O. The van der Waals surface area contributed by atoms with E-state index in [0.29, 0.717) is 0 Å². The molecule has 0 fully saturated rings. The molecule has 0 saturated heterocycles. The van der Waals surface area contributed by atoms with E-state index in [0.717, 1.165) is 0 Å². The van der Waals surface area contributed by atoms with Crippen LogP contribution >= 0.6 is 0 Å². The summed E-state index contributed by atoms with van der Waals surface area (Å²) in [6.45, 7) is 1.66. The topological polar surface area (TPSA) is 104 Å². The zero-order valence-corrected chi connectivity index (χ0v) is 9.74. The van der Waals surface area contributed by atoms with Gasteiger partial charge in [-0.25, -0.2) is 9.59 Å². The van der Waals surface area contributed by atoms with E-state index in [-0.39, 0.29) is 12.2 Å². The summed E-state index contributed by atoms with van der Waals surface area (Å²) in [7, 11) is 0. The highest BCUT2D eigenvalue weighted by Gasteiger charge is 2.53. The van der Waals surface area contributed by atoms with E-state index in [1.807, 2.05) is 0 Å². The van der Waals surface area contributed by atoms with Crippen molar-refractivity contribution in [3.63, 3.8) is 0 Å². The van der Waals surface area contributed by atoms with Crippen molar-refractivity contribution in [2.45, 2.75) is 18.6 Å². The average Bonchev–Trinajstić information content (AvgIpc) is 2.35. The van der Waals surface area contributed by atoms with Crippen LogP contribution in [-0.4, -0.2) is 39.5 Å². The second-order valence-corrected chi connectivity index (χ2v) is 3.62. The molecule has 0 aliphatic heterocycles. The zero-order valence-electron chi connectivity index (χ0n) is 9.74. The molecule has 1 aromatic carbocycles. The molecular weight excluding hydrogens is 240 g/mol. The van der Waals surface area contributed by atoms with Crippen molar-refractivity contribution in [2.24, 2.45) is 0 Å². The Morgan fingerprint density at radius 2 is 1.72 bits per heavy atom. The van der Waals surface area contributed by atoms with Crippen molar-refractivity contribution in [3.8, 4) is 0 Å². The maximum Gasteiger partial charge on any atom is 0.350 e. The van der Waals surface area contributed by atoms with Crippen LogP contribution in [0.2, 0.25) is 0 Å². The predicted molar refractivity (Wildman–Crippen MR) is 61.0 cm³/mol. The lowest BCUT2D eigenvalue weighted by Crippen LogP contribution is -2.52. The molecule has 6 nitrogen and oxygen atoms in total. The van der Waals surface area contributed by atoms with E-state index in [4.69, 9.17) is 14.9 Å². The number of hydrogen-bond acceptors (Lipinski definition) is 4. The Kier molecular flexibility index (Phi) is 4.41. The molecule has 0 aliphatic carbocycles. The number of benzene rings is 1. The molecule has 0 saturated carbocycles. The van der Waals surface area contributed by atoms with Gasteiger partial charge in [-0.15, -0.1) is 0 Å². The Morgan fingerprint density at radius 1 is 1.22 bits per heavy atom. The molecule has 0 bridgehead atoms. The van der Waals surface area contributed by atoms with Crippen LogP contribution in [-0.2, 0) is 14.3 Å². The summed E-state index contributed by atoms with van der Waals surface area (Å²) in [5, 5.41) is 27.8. The summed E-state index contributed by atoms with van der Waals surface area (Å²) in [6.07, 6.45) is -1.47. The van der Waals surface area contributed by atoms with Crippen LogP contribution in [0.5, 0.6) is 0 Å². The van der Waals surface area contributed by atoms with Crippen molar-refractivity contribution in [3.05, 3.63) is 35.9 Å². The highest BCUT2D eigenvalue weighted by Crippen LogP contribution is 2.30. The number of aliphatic carboxylic acids is 2. The number of carboxylic acids is 2. The van der Waals surface area contributed by atoms with Gasteiger partial charge < -0.3 is 20.1 Å². The quantitative estimate of drug-likeness (QED) is 0.644. The molecule has 0 radical (unpaired) electrons. The second-order valence-electron chi connectivity index (χ2n) is 3.62. The lowest BCUT2D eigenvalue weighted by molar-refractivity contribution is -0.194. The fourth-order valence-electron chi connectivity index (χ4n) is 1.57. The minimum Gasteiger partial charge on any atom is -0.479 e. The highest BCUT2D eigenvalue weighted by molar-refractivity contribution is 6.02. The Morgan fingerprint density at radius 3 is 2.11 bits per heavy atom. The van der Waals surface area contributed by atoms with Gasteiger partial charge in [-0.05, 0) is 12.5 Å². The number of ether oxygens (including phenoxy) is 1. The number of hydrogen-bond donors (Lipinski definition) is 3. The van der Waals surface area contributed by atoms with Crippen molar-refractivity contribution in [2.75, 3.05) is 6.61 Å². The number of aliphatic hydroxyl groups is 1. The fourth-order valence-corrected chi connectivity index (χ4v) is 1.57. The Balaban J connectivity index is 3.26. The summed E-state index contributed by atoms with van der Waals surface area (Å²) >= 11 is 0. The molecule has 1 aromatic rings. The summed E-state index contributed by atoms with van der Waals surface area (Å²) in [5.41, 5.74) is -2.73. The molecule has 1 atom stereocenters. The van der Waals surface area contributed by atoms with Gasteiger partial charge in [0.15, 0.2) is 0 Å². The van der Waals surface area contributed by atoms with Crippen molar-refractivity contribution in [1.82, 2.24) is 0 Å². The van der Waals surface area contributed by atoms with Gasteiger partial charge >= 0.3 is 11.9 Å². The lowest BCUT2D eigenvalue weighted by atomic mass is 9.91. The van der Waals surface area contributed by atoms with Crippen molar-refractivity contribution < 1.29 is 29.6 Å². The first-order chi connectivity index (χ1) is 8.44. The van der Waals surface area contributed by atoms with E-state index >= 15 is 0 Å². The minimum atomic E-state index is -3.02. The summed E-state index contributed by atoms with van der Waals surface area (Å²) < 4.78 is 5.10. The number of rotatable bonds is 6. The van der Waals surface area contributed by atoms with Crippen LogP contribution in [0, 0.1) is 0 Å². The highest BCUT2D eigenvalue weighted by atomic mass is 16.5. The maximum absolute atomic E-state index is 11.0. The molecule has 1 unspecified atom stereocenters. The first-order valence-electron chi connectivity index (χ1n) is 5.30. The normalized spacial score (nSPS) is 13.0. The first kappa shape index (κ1) is 14.1. The van der Waals surface area contributed by atoms with E-state index in [9.17, 15) is 14.7 Å². The fraction of sp³-hybridized carbons (Fsp3) is 0.333. The molecule has 0 spiro atoms. The van der Waals surface area contributed by atoms with E-state index in [2.05, 4.69) is 0 Å². The molecule has 0 aromatic heterocycles. The van der Waals surface area contributed by atoms with Gasteiger partial charge in [0.05, 0.1) is 0 Å². The molecule has 0 amide bonds. The van der Waals surface area contributed by atoms with Crippen molar-refractivity contribution in [1.29, 1.82) is 0 Å². The molecule has 3 N–H and O–H groups in total. The monoisotopic (exact) mass is 254 g/mol. The Hall–Kier alpha value is -1.92. The van der Waals surface area contributed by atoms with Crippen LogP contribution in [0.25, 0.3) is 0 Å². The smallest absolute Gasteiger partial charge is 0.350 e. The molecule has 18 heavy (non-hydrogen) atoms. The van der Waals surface area contributed by atoms with Gasteiger partial charge in [-0.1, -0.05) is 30.3 Å². The van der Waals surface area contributed by atoms with Gasteiger partial charge in [-0.3, -0.25) is 0 Å². The number of carbonyl (C=O) groups is 2. The van der Waals surface area contributed by atoms with Crippen LogP contribution in [0.15, 0.2) is 30.3 Å². The summed E-state index contributed by atoms with van der Waals surface area (Å²) in [4.78, 5) is 22.1. The van der Waals surface area contributed by atoms with Crippen LogP contribution in [0.4, 0.5) is 0 Å². The van der Waals surface area contributed by atoms with Crippen molar-refractivity contribution >= 4 is 11.9 Å². The van der Waals surface area contributed by atoms with Gasteiger partial charge in [0.25, 0.3) is 5.60 Å². The van der Waals surface area contributed by atoms with Gasteiger partial charge in [-0.2, -0.15) is 0 Å². The van der Waals surface area contributed by atoms with E-state index < -0.39 is 23.6 Å². The molecule has 6 heteroatoms. The third-order valence-corrected chi connectivity index (χ3v) is 2.47. The predicted octanol–water partition coefficient (Wildman–Crippen LogP) is 0.665. The Labute approximate surface area is 103 Å². The molecule has 98 valence electrons. The maximum atomic E-state index is 11.0. The molecule has 0 heterocycles. The van der Waals surface area contributed by atoms with E-state index in [1.54, 1.807) is 25.1 Å². The summed E-state index contributed by atoms with van der Waals surface area (Å²) in [6, 6.07) is 7.89. The van der Waals surface area contributed by atoms with Gasteiger partial charge in [0.1, 0.15) is 6.10 Å². The zero-order chi connectivity index (χ0) is 13.8. The van der Waals surface area contributed by atoms with Gasteiger partial charge in [0.2, 0.25) is 0 Å². The van der Waals surface area contributed by atoms with Crippen LogP contribution in [0.1, 0.15) is 18.6 Å². The Bertz CT molecular complexity index is 413. The molecule has 1 rings (SSSR count). The molecular formula is C12H14O6. The third kappa shape index (κ3) is 2.49. The lowest BCUT2D eigenvalue weighted by Gasteiger charge is -2.28. The summed E-state index contributed by atoms with van der Waals surface area (Å²) in [5.74, 6) is -3.73. The van der Waals surface area contributed by atoms with Gasteiger partial charge in [0, 0.05) is 6.61 Å². The number of carboxylic acid groups (broad SMARTS) is 2. The average molecular weight is 254 g/mol. The standard InChI is InChI=1S/C12H14O6/c1-2-18-9(8-6-4-3-5-7-8)12(17,10(13)14)11(15)16/h3-7,9,17H,2H2,1H3,(H,13,14)(H,15,16). The minimum absolute atomic E-state index is 0.0719. The van der Waals surface area contributed by atoms with Crippen LogP contribution < -0.4 is 0 Å². The van der Waals surface area contributed by atoms with Crippen LogP contribution in [0.3, 0.4) is 0 Å². The van der Waals surface area contributed by atoms with E-state index in [1.165, 1.54) is 12.1 Å². The third-order valence-electron chi connectivity index (χ3n) is 2.47. The second kappa shape index (κ2) is 5.61. The molecule has 0 aliphatic rings. The largest absolute Gasteiger partial charge is 0.479 e.